The summed E-state index contributed by atoms with van der Waals surface area (Å²) in [5.74, 6) is 0.0350. The van der Waals surface area contributed by atoms with E-state index < -0.39 is 21.3 Å². The highest BCUT2D eigenvalue weighted by atomic mass is 32.2. The Morgan fingerprint density at radius 2 is 2.00 bits per heavy atom. The molecule has 3 aromatic rings. The van der Waals surface area contributed by atoms with Gasteiger partial charge in [0.25, 0.3) is 11.5 Å². The maximum atomic E-state index is 12.8. The minimum absolute atomic E-state index is 0.0137. The van der Waals surface area contributed by atoms with E-state index >= 15 is 0 Å². The van der Waals surface area contributed by atoms with Crippen molar-refractivity contribution in [3.05, 3.63) is 64.2 Å². The van der Waals surface area contributed by atoms with Crippen molar-refractivity contribution < 1.29 is 17.9 Å². The Bertz CT molecular complexity index is 1250. The lowest BCUT2D eigenvalue weighted by molar-refractivity contribution is 0.102. The predicted octanol–water partition coefficient (Wildman–Crippen LogP) is 2.01. The van der Waals surface area contributed by atoms with Gasteiger partial charge >= 0.3 is 0 Å². The molecule has 0 atom stereocenters. The van der Waals surface area contributed by atoms with E-state index in [9.17, 15) is 18.0 Å². The zero-order valence-electron chi connectivity index (χ0n) is 16.3. The molecule has 152 valence electrons. The third kappa shape index (κ3) is 4.80. The van der Waals surface area contributed by atoms with Crippen LogP contribution >= 0.6 is 0 Å². The van der Waals surface area contributed by atoms with Crippen LogP contribution in [0.1, 0.15) is 16.1 Å². The summed E-state index contributed by atoms with van der Waals surface area (Å²) in [5, 5.41) is 3.37. The molecular weight excluding hydrogens is 394 g/mol. The highest BCUT2D eigenvalue weighted by Crippen LogP contribution is 2.22. The monoisotopic (exact) mass is 415 g/mol. The zero-order valence-corrected chi connectivity index (χ0v) is 17.1. The minimum atomic E-state index is -3.21. The van der Waals surface area contributed by atoms with E-state index in [0.717, 1.165) is 11.6 Å². The first-order valence-corrected chi connectivity index (χ1v) is 10.9. The van der Waals surface area contributed by atoms with Gasteiger partial charge in [0.2, 0.25) is 0 Å². The van der Waals surface area contributed by atoms with Crippen LogP contribution < -0.4 is 15.6 Å². The fraction of sp³-hybridized carbons (Fsp3) is 0.250. The van der Waals surface area contributed by atoms with Gasteiger partial charge in [0.15, 0.2) is 0 Å². The number of fused-ring (bicyclic) bond motifs is 1. The van der Waals surface area contributed by atoms with Crippen molar-refractivity contribution in [1.82, 2.24) is 9.55 Å². The van der Waals surface area contributed by atoms with Crippen molar-refractivity contribution in [2.75, 3.05) is 24.4 Å². The number of anilines is 1. The van der Waals surface area contributed by atoms with Gasteiger partial charge in [-0.05, 0) is 37.3 Å². The molecule has 0 aliphatic heterocycles. The van der Waals surface area contributed by atoms with Crippen LogP contribution in [0.15, 0.2) is 47.4 Å². The molecular formula is C20H21N3O5S. The molecule has 1 aromatic carbocycles. The van der Waals surface area contributed by atoms with Crippen LogP contribution in [0.3, 0.4) is 0 Å². The van der Waals surface area contributed by atoms with Crippen LogP contribution in [0.4, 0.5) is 5.69 Å². The van der Waals surface area contributed by atoms with Gasteiger partial charge in [0, 0.05) is 30.4 Å². The quantitative estimate of drug-likeness (QED) is 0.660. The Morgan fingerprint density at radius 1 is 1.24 bits per heavy atom. The summed E-state index contributed by atoms with van der Waals surface area (Å²) in [6, 6.07) is 10.1. The number of nitrogens with zero attached hydrogens (tertiary/aromatic N) is 2. The van der Waals surface area contributed by atoms with Crippen molar-refractivity contribution in [2.45, 2.75) is 13.5 Å². The molecule has 0 aliphatic carbocycles. The van der Waals surface area contributed by atoms with Gasteiger partial charge in [0.1, 0.15) is 21.3 Å². The predicted molar refractivity (Wildman–Crippen MR) is 111 cm³/mol. The molecule has 0 bridgehead atoms. The smallest absolute Gasteiger partial charge is 0.274 e. The van der Waals surface area contributed by atoms with E-state index in [2.05, 4.69) is 10.3 Å². The standard InChI is InChI=1S/C20H21N3O5S/c1-13-16(11-14-6-7-15(28-2)12-18(14)21-13)19(24)22-17-5-4-8-23(20(17)25)9-10-29(3,26)27/h4-8,11-12H,9-10H2,1-3H3,(H,22,24). The number of hydrogen-bond acceptors (Lipinski definition) is 6. The van der Waals surface area contributed by atoms with Crippen molar-refractivity contribution in [1.29, 1.82) is 0 Å². The van der Waals surface area contributed by atoms with Gasteiger partial charge < -0.3 is 14.6 Å². The lowest BCUT2D eigenvalue weighted by Crippen LogP contribution is -2.27. The molecule has 1 N–H and O–H groups in total. The molecule has 0 fully saturated rings. The molecule has 0 radical (unpaired) electrons. The third-order valence-electron chi connectivity index (χ3n) is 4.43. The summed E-state index contributed by atoms with van der Waals surface area (Å²) in [6.07, 6.45) is 2.59. The van der Waals surface area contributed by atoms with Crippen LogP contribution in [-0.4, -0.2) is 43.0 Å². The Labute approximate surface area is 168 Å². The SMILES string of the molecule is COc1ccc2cc(C(=O)Nc3cccn(CCS(C)(=O)=O)c3=O)c(C)nc2c1. The van der Waals surface area contributed by atoms with Gasteiger partial charge in [-0.2, -0.15) is 0 Å². The summed E-state index contributed by atoms with van der Waals surface area (Å²) in [4.78, 5) is 29.8. The van der Waals surface area contributed by atoms with E-state index in [-0.39, 0.29) is 18.0 Å². The maximum absolute atomic E-state index is 12.8. The average molecular weight is 415 g/mol. The van der Waals surface area contributed by atoms with E-state index in [1.54, 1.807) is 44.4 Å². The molecule has 0 aliphatic rings. The van der Waals surface area contributed by atoms with Crippen LogP contribution in [-0.2, 0) is 16.4 Å². The number of hydrogen-bond donors (Lipinski definition) is 1. The van der Waals surface area contributed by atoms with E-state index in [1.807, 2.05) is 0 Å². The van der Waals surface area contributed by atoms with Crippen molar-refractivity contribution >= 4 is 32.3 Å². The van der Waals surface area contributed by atoms with Crippen molar-refractivity contribution in [3.63, 3.8) is 0 Å². The van der Waals surface area contributed by atoms with Crippen LogP contribution in [0.5, 0.6) is 5.75 Å². The fourth-order valence-electron chi connectivity index (χ4n) is 2.86. The maximum Gasteiger partial charge on any atom is 0.274 e. The Balaban J connectivity index is 1.88. The lowest BCUT2D eigenvalue weighted by atomic mass is 10.1. The number of pyridine rings is 2. The Morgan fingerprint density at radius 3 is 2.69 bits per heavy atom. The first kappa shape index (κ1) is 20.5. The second-order valence-corrected chi connectivity index (χ2v) is 8.94. The topological polar surface area (TPSA) is 107 Å². The van der Waals surface area contributed by atoms with Gasteiger partial charge in [-0.25, -0.2) is 8.42 Å². The molecule has 0 spiro atoms. The minimum Gasteiger partial charge on any atom is -0.497 e. The summed E-state index contributed by atoms with van der Waals surface area (Å²) in [5.41, 5.74) is 1.15. The van der Waals surface area contributed by atoms with Gasteiger partial charge in [-0.1, -0.05) is 0 Å². The molecule has 9 heteroatoms. The van der Waals surface area contributed by atoms with Crippen LogP contribution in [0.25, 0.3) is 10.9 Å². The molecule has 8 nitrogen and oxygen atoms in total. The number of nitrogens with one attached hydrogen (secondary N) is 1. The first-order valence-electron chi connectivity index (χ1n) is 8.82. The second kappa shape index (κ2) is 8.04. The zero-order chi connectivity index (χ0) is 21.2. The lowest BCUT2D eigenvalue weighted by Gasteiger charge is -2.11. The molecule has 0 unspecified atom stereocenters. The van der Waals surface area contributed by atoms with Crippen molar-refractivity contribution in [3.8, 4) is 5.75 Å². The molecule has 29 heavy (non-hydrogen) atoms. The molecule has 2 aromatic heterocycles. The van der Waals surface area contributed by atoms with E-state index in [0.29, 0.717) is 22.5 Å². The van der Waals surface area contributed by atoms with Crippen LogP contribution in [0.2, 0.25) is 0 Å². The summed E-state index contributed by atoms with van der Waals surface area (Å²) in [6.45, 7) is 1.73. The van der Waals surface area contributed by atoms with E-state index in [1.165, 1.54) is 16.8 Å². The number of carbonyl (C=O) groups is 1. The fourth-order valence-corrected chi connectivity index (χ4v) is 3.39. The normalized spacial score (nSPS) is 11.4. The number of amides is 1. The van der Waals surface area contributed by atoms with Gasteiger partial charge in [-0.3, -0.25) is 14.6 Å². The number of carbonyl (C=O) groups excluding carboxylic acids is 1. The molecule has 0 saturated carbocycles. The van der Waals surface area contributed by atoms with Crippen LogP contribution in [0, 0.1) is 6.92 Å². The number of aromatic nitrogens is 2. The average Bonchev–Trinajstić information content (AvgIpc) is 2.66. The Kier molecular flexibility index (Phi) is 5.69. The highest BCUT2D eigenvalue weighted by molar-refractivity contribution is 7.90. The Hall–Kier alpha value is -3.20. The van der Waals surface area contributed by atoms with Crippen molar-refractivity contribution in [2.24, 2.45) is 0 Å². The highest BCUT2D eigenvalue weighted by Gasteiger charge is 2.15. The number of sulfone groups is 1. The summed E-state index contributed by atoms with van der Waals surface area (Å²) < 4.78 is 29.1. The first-order chi connectivity index (χ1) is 13.7. The summed E-state index contributed by atoms with van der Waals surface area (Å²) in [7, 11) is -1.65. The number of rotatable bonds is 6. The molecule has 3 rings (SSSR count). The third-order valence-corrected chi connectivity index (χ3v) is 5.36. The second-order valence-electron chi connectivity index (χ2n) is 6.68. The van der Waals surface area contributed by atoms with E-state index in [4.69, 9.17) is 4.74 Å². The number of methoxy groups -OCH3 is 1. The van der Waals surface area contributed by atoms with Gasteiger partial charge in [0.05, 0.1) is 29.6 Å². The number of benzene rings is 1. The number of aryl methyl sites for hydroxylation is 2. The largest absolute Gasteiger partial charge is 0.497 e. The molecule has 2 heterocycles. The number of ether oxygens (including phenoxy) is 1. The molecule has 1 amide bonds. The van der Waals surface area contributed by atoms with Gasteiger partial charge in [-0.15, -0.1) is 0 Å². The molecule has 0 saturated heterocycles. The summed E-state index contributed by atoms with van der Waals surface area (Å²) >= 11 is 0.